The second kappa shape index (κ2) is 6.57. The molecular weight excluding hydrogens is 348 g/mol. The zero-order valence-corrected chi connectivity index (χ0v) is 15.3. The van der Waals surface area contributed by atoms with Gasteiger partial charge in [0.2, 0.25) is 11.8 Å². The van der Waals surface area contributed by atoms with Crippen molar-refractivity contribution in [3.63, 3.8) is 0 Å². The van der Waals surface area contributed by atoms with Crippen LogP contribution in [0, 0.1) is 11.8 Å². The van der Waals surface area contributed by atoms with Gasteiger partial charge in [-0.1, -0.05) is 13.3 Å². The van der Waals surface area contributed by atoms with Gasteiger partial charge in [0.15, 0.2) is 0 Å². The quantitative estimate of drug-likeness (QED) is 0.400. The number of imide groups is 1. The third kappa shape index (κ3) is 2.97. The Bertz CT molecular complexity index is 427. The summed E-state index contributed by atoms with van der Waals surface area (Å²) in [7, 11) is 4.35. The molecule has 3 heterocycles. The number of ether oxygens (including phenoxy) is 1. The van der Waals surface area contributed by atoms with Crippen LogP contribution in [-0.2, 0) is 14.3 Å². The molecule has 5 nitrogen and oxygen atoms in total. The van der Waals surface area contributed by atoms with Gasteiger partial charge >= 0.3 is 0 Å². The fourth-order valence-corrected chi connectivity index (χ4v) is 4.06. The predicted molar refractivity (Wildman–Crippen MR) is 78.3 cm³/mol. The van der Waals surface area contributed by atoms with E-state index in [-0.39, 0.29) is 52.8 Å². The van der Waals surface area contributed by atoms with E-state index in [0.29, 0.717) is 6.54 Å². The molecule has 3 aliphatic heterocycles. The van der Waals surface area contributed by atoms with Crippen molar-refractivity contribution in [2.45, 2.75) is 44.8 Å². The molecule has 3 saturated heterocycles. The number of unbranched alkanes of at least 4 members (excludes halogenated alkanes) is 1. The Morgan fingerprint density at radius 3 is 2.14 bits per heavy atom. The van der Waals surface area contributed by atoms with E-state index in [9.17, 15) is 9.59 Å². The fourth-order valence-electron chi connectivity index (χ4n) is 4.06. The summed E-state index contributed by atoms with van der Waals surface area (Å²) >= 11 is 0. The van der Waals surface area contributed by atoms with Crippen molar-refractivity contribution in [3.05, 3.63) is 0 Å². The fraction of sp³-hybridized carbons (Fsp3) is 0.875. The SMILES string of the molecule is CCCC[N+](C)(C)CCN1C(=O)[C@@H]2[C@H](C1=O)[C@H]1CC[C@@H]2O1.[Br-]. The van der Waals surface area contributed by atoms with Gasteiger partial charge in [-0.25, -0.2) is 0 Å². The highest BCUT2D eigenvalue weighted by Crippen LogP contribution is 2.48. The van der Waals surface area contributed by atoms with Crippen LogP contribution < -0.4 is 17.0 Å². The number of rotatable bonds is 6. The molecule has 6 heteroatoms. The summed E-state index contributed by atoms with van der Waals surface area (Å²) in [5.74, 6) is -0.314. The maximum atomic E-state index is 12.5. The first-order chi connectivity index (χ1) is 9.94. The first-order valence-corrected chi connectivity index (χ1v) is 8.27. The molecule has 0 aromatic rings. The third-order valence-corrected chi connectivity index (χ3v) is 5.42. The number of hydrogen-bond acceptors (Lipinski definition) is 3. The topological polar surface area (TPSA) is 46.6 Å². The molecule has 0 aromatic heterocycles. The Morgan fingerprint density at radius 2 is 1.64 bits per heavy atom. The number of likely N-dealkylation sites (N-methyl/N-ethyl adjacent to an activating group) is 1. The normalized spacial score (nSPS) is 33.3. The highest BCUT2D eigenvalue weighted by atomic mass is 79.9. The molecular formula is C16H27BrN2O3. The lowest BCUT2D eigenvalue weighted by molar-refractivity contribution is -0.889. The van der Waals surface area contributed by atoms with Crippen molar-refractivity contribution >= 4 is 11.8 Å². The molecule has 3 fully saturated rings. The lowest BCUT2D eigenvalue weighted by Gasteiger charge is -2.31. The van der Waals surface area contributed by atoms with Crippen LogP contribution in [0.3, 0.4) is 0 Å². The van der Waals surface area contributed by atoms with Gasteiger partial charge in [0, 0.05) is 0 Å². The molecule has 0 spiro atoms. The average Bonchev–Trinajstić information content (AvgIpc) is 3.10. The van der Waals surface area contributed by atoms with E-state index in [1.807, 2.05) is 0 Å². The summed E-state index contributed by atoms with van der Waals surface area (Å²) in [6.07, 6.45) is 4.24. The minimum absolute atomic E-state index is 0. The Balaban J connectivity index is 0.00000176. The standard InChI is InChI=1S/C16H27N2O3.BrH/c1-4-5-9-18(2,3)10-8-17-15(19)13-11-6-7-12(21-11)14(13)16(17)20;/h11-14H,4-10H2,1-3H3;1H/q+1;/p-1/t11-,12+,13-,14+;. The van der Waals surface area contributed by atoms with E-state index < -0.39 is 0 Å². The molecule has 2 bridgehead atoms. The van der Waals surface area contributed by atoms with Gasteiger partial charge in [-0.05, 0) is 19.3 Å². The maximum Gasteiger partial charge on any atom is 0.236 e. The molecule has 126 valence electrons. The number of fused-ring (bicyclic) bond motifs is 5. The molecule has 0 N–H and O–H groups in total. The monoisotopic (exact) mass is 374 g/mol. The zero-order valence-electron chi connectivity index (χ0n) is 13.8. The van der Waals surface area contributed by atoms with Crippen LogP contribution in [0.5, 0.6) is 0 Å². The number of nitrogens with zero attached hydrogens (tertiary/aromatic N) is 2. The highest BCUT2D eigenvalue weighted by Gasteiger charge is 2.62. The van der Waals surface area contributed by atoms with Crippen molar-refractivity contribution in [2.75, 3.05) is 33.7 Å². The molecule has 4 atom stereocenters. The second-order valence-corrected chi connectivity index (χ2v) is 7.41. The number of halogens is 1. The maximum absolute atomic E-state index is 12.5. The zero-order chi connectivity index (χ0) is 15.2. The smallest absolute Gasteiger partial charge is 0.236 e. The van der Waals surface area contributed by atoms with E-state index in [4.69, 9.17) is 4.74 Å². The second-order valence-electron chi connectivity index (χ2n) is 7.41. The summed E-state index contributed by atoms with van der Waals surface area (Å²) in [6.45, 7) is 4.67. The molecule has 0 aromatic carbocycles. The summed E-state index contributed by atoms with van der Waals surface area (Å²) in [6, 6.07) is 0. The molecule has 2 amide bonds. The van der Waals surface area contributed by atoms with Gasteiger partial charge in [0.25, 0.3) is 0 Å². The van der Waals surface area contributed by atoms with Gasteiger partial charge < -0.3 is 26.2 Å². The lowest BCUT2D eigenvalue weighted by Crippen LogP contribution is -3.00. The van der Waals surface area contributed by atoms with Gasteiger partial charge in [-0.2, -0.15) is 0 Å². The molecule has 0 aliphatic carbocycles. The average molecular weight is 375 g/mol. The van der Waals surface area contributed by atoms with Gasteiger partial charge in [0.1, 0.15) is 0 Å². The molecule has 0 unspecified atom stereocenters. The number of carbonyl (C=O) groups is 2. The first-order valence-electron chi connectivity index (χ1n) is 8.27. The van der Waals surface area contributed by atoms with Gasteiger partial charge in [0.05, 0.1) is 57.8 Å². The largest absolute Gasteiger partial charge is 1.00 e. The number of hydrogen-bond donors (Lipinski definition) is 0. The molecule has 3 aliphatic rings. The van der Waals surface area contributed by atoms with E-state index >= 15 is 0 Å². The van der Waals surface area contributed by atoms with Crippen molar-refractivity contribution < 1.29 is 35.8 Å². The van der Waals surface area contributed by atoms with Crippen LogP contribution in [0.4, 0.5) is 0 Å². The number of quaternary nitrogens is 1. The molecule has 0 radical (unpaired) electrons. The third-order valence-electron chi connectivity index (χ3n) is 5.42. The van der Waals surface area contributed by atoms with Crippen LogP contribution in [-0.4, -0.2) is 67.1 Å². The van der Waals surface area contributed by atoms with E-state index in [2.05, 4.69) is 21.0 Å². The summed E-state index contributed by atoms with van der Waals surface area (Å²) in [5, 5.41) is 0. The Morgan fingerprint density at radius 1 is 1.09 bits per heavy atom. The van der Waals surface area contributed by atoms with Crippen LogP contribution in [0.25, 0.3) is 0 Å². The Kier molecular flexibility index (Phi) is 5.34. The lowest BCUT2D eigenvalue weighted by atomic mass is 9.81. The summed E-state index contributed by atoms with van der Waals surface area (Å²) < 4.78 is 6.62. The van der Waals surface area contributed by atoms with Crippen molar-refractivity contribution in [3.8, 4) is 0 Å². The van der Waals surface area contributed by atoms with Crippen LogP contribution in [0.2, 0.25) is 0 Å². The first kappa shape index (κ1) is 17.9. The van der Waals surface area contributed by atoms with E-state index in [0.717, 1.165) is 30.4 Å². The van der Waals surface area contributed by atoms with Crippen LogP contribution >= 0.6 is 0 Å². The number of carbonyl (C=O) groups excluding carboxylic acids is 2. The molecule has 22 heavy (non-hydrogen) atoms. The Hall–Kier alpha value is -0.460. The van der Waals surface area contributed by atoms with Gasteiger partial charge in [-0.3, -0.25) is 14.5 Å². The molecule has 3 rings (SSSR count). The minimum atomic E-state index is -0.178. The number of likely N-dealkylation sites (tertiary alicyclic amines) is 1. The van der Waals surface area contributed by atoms with E-state index in [1.165, 1.54) is 17.7 Å². The molecule has 0 saturated carbocycles. The Labute approximate surface area is 143 Å². The van der Waals surface area contributed by atoms with Crippen molar-refractivity contribution in [1.29, 1.82) is 0 Å². The number of amides is 2. The van der Waals surface area contributed by atoms with Crippen molar-refractivity contribution in [1.82, 2.24) is 4.90 Å². The van der Waals surface area contributed by atoms with Crippen LogP contribution in [0.1, 0.15) is 32.6 Å². The van der Waals surface area contributed by atoms with Crippen molar-refractivity contribution in [2.24, 2.45) is 11.8 Å². The van der Waals surface area contributed by atoms with Crippen LogP contribution in [0.15, 0.2) is 0 Å². The van der Waals surface area contributed by atoms with E-state index in [1.54, 1.807) is 0 Å². The van der Waals surface area contributed by atoms with Gasteiger partial charge in [-0.15, -0.1) is 0 Å². The predicted octanol–water partition coefficient (Wildman–Crippen LogP) is -1.97. The summed E-state index contributed by atoms with van der Waals surface area (Å²) in [5.41, 5.74) is 0. The highest BCUT2D eigenvalue weighted by molar-refractivity contribution is 6.06. The minimum Gasteiger partial charge on any atom is -1.00 e. The summed E-state index contributed by atoms with van der Waals surface area (Å²) in [4.78, 5) is 26.6.